The smallest absolute Gasteiger partial charge is 0.122 e. The molecule has 0 radical (unpaired) electrons. The number of rotatable bonds is 10. The highest BCUT2D eigenvalue weighted by Gasteiger charge is 2.13. The summed E-state index contributed by atoms with van der Waals surface area (Å²) in [4.78, 5) is 2.19. The molecule has 2 aromatic carbocycles. The first-order valence-corrected chi connectivity index (χ1v) is 8.30. The van der Waals surface area contributed by atoms with Crippen LogP contribution in [-0.2, 0) is 11.3 Å². The fourth-order valence-corrected chi connectivity index (χ4v) is 2.55. The van der Waals surface area contributed by atoms with E-state index >= 15 is 0 Å². The summed E-state index contributed by atoms with van der Waals surface area (Å²) < 4.78 is 10.9. The van der Waals surface area contributed by atoms with Crippen LogP contribution in [0.15, 0.2) is 54.6 Å². The summed E-state index contributed by atoms with van der Waals surface area (Å²) in [5.74, 6) is 0.822. The monoisotopic (exact) mass is 329 g/mol. The number of aliphatic hydroxyl groups is 1. The van der Waals surface area contributed by atoms with Gasteiger partial charge in [-0.1, -0.05) is 48.5 Å². The summed E-state index contributed by atoms with van der Waals surface area (Å²) in [6, 6.07) is 18.1. The maximum Gasteiger partial charge on any atom is 0.122 e. The zero-order valence-electron chi connectivity index (χ0n) is 14.5. The van der Waals surface area contributed by atoms with Crippen LogP contribution in [0.1, 0.15) is 11.1 Å². The first-order chi connectivity index (χ1) is 11.7. The number of ether oxygens (including phenoxy) is 2. The highest BCUT2D eigenvalue weighted by Crippen LogP contribution is 2.16. The zero-order valence-corrected chi connectivity index (χ0v) is 14.5. The van der Waals surface area contributed by atoms with Gasteiger partial charge in [-0.3, -0.25) is 4.90 Å². The van der Waals surface area contributed by atoms with E-state index in [0.717, 1.165) is 24.4 Å². The molecule has 1 unspecified atom stereocenters. The summed E-state index contributed by atoms with van der Waals surface area (Å²) in [6.45, 7) is 5.02. The zero-order chi connectivity index (χ0) is 17.2. The van der Waals surface area contributed by atoms with E-state index < -0.39 is 6.10 Å². The van der Waals surface area contributed by atoms with Gasteiger partial charge in [0.25, 0.3) is 0 Å². The predicted molar refractivity (Wildman–Crippen MR) is 96.3 cm³/mol. The Labute approximate surface area is 144 Å². The van der Waals surface area contributed by atoms with Crippen molar-refractivity contribution in [2.45, 2.75) is 19.6 Å². The Bertz CT molecular complexity index is 588. The van der Waals surface area contributed by atoms with Crippen LogP contribution in [0.5, 0.6) is 5.75 Å². The number of nitrogens with zero attached hydrogens (tertiary/aromatic N) is 1. The van der Waals surface area contributed by atoms with Crippen LogP contribution in [0.3, 0.4) is 0 Å². The molecule has 1 N–H and O–H groups in total. The molecule has 4 heteroatoms. The summed E-state index contributed by atoms with van der Waals surface area (Å²) in [5.41, 5.74) is 2.30. The lowest BCUT2D eigenvalue weighted by Crippen LogP contribution is -2.37. The molecule has 130 valence electrons. The van der Waals surface area contributed by atoms with Crippen LogP contribution in [0, 0.1) is 6.92 Å². The Kier molecular flexibility index (Phi) is 7.75. The van der Waals surface area contributed by atoms with Gasteiger partial charge in [-0.15, -0.1) is 0 Å². The highest BCUT2D eigenvalue weighted by molar-refractivity contribution is 5.31. The Balaban J connectivity index is 1.86. The average Bonchev–Trinajstić information content (AvgIpc) is 2.60. The van der Waals surface area contributed by atoms with E-state index in [-0.39, 0.29) is 6.61 Å². The van der Waals surface area contributed by atoms with Gasteiger partial charge < -0.3 is 14.6 Å². The number of methoxy groups -OCH3 is 1. The molecule has 0 saturated heterocycles. The molecular formula is C20H27NO3. The SMILES string of the molecule is COCCN(Cc1ccccc1)CC(O)COc1ccccc1C. The Hall–Kier alpha value is -1.88. The summed E-state index contributed by atoms with van der Waals surface area (Å²) in [6.07, 6.45) is -0.551. The van der Waals surface area contributed by atoms with Crippen molar-refractivity contribution in [3.8, 4) is 5.75 Å². The molecule has 0 amide bonds. The van der Waals surface area contributed by atoms with Crippen molar-refractivity contribution >= 4 is 0 Å². The standard InChI is InChI=1S/C20H27NO3/c1-17-8-6-7-11-20(17)24-16-19(22)15-21(12-13-23-2)14-18-9-4-3-5-10-18/h3-11,19,22H,12-16H2,1-2H3. The molecule has 0 fully saturated rings. The van der Waals surface area contributed by atoms with Crippen molar-refractivity contribution in [2.24, 2.45) is 0 Å². The molecule has 24 heavy (non-hydrogen) atoms. The molecule has 0 aliphatic heterocycles. The minimum atomic E-state index is -0.551. The number of aryl methyl sites for hydroxylation is 1. The first-order valence-electron chi connectivity index (χ1n) is 8.30. The van der Waals surface area contributed by atoms with Gasteiger partial charge in [0.2, 0.25) is 0 Å². The molecule has 2 rings (SSSR count). The van der Waals surface area contributed by atoms with E-state index in [9.17, 15) is 5.11 Å². The third-order valence-corrected chi connectivity index (χ3v) is 3.85. The van der Waals surface area contributed by atoms with Gasteiger partial charge >= 0.3 is 0 Å². The second-order valence-corrected chi connectivity index (χ2v) is 5.94. The number of benzene rings is 2. The van der Waals surface area contributed by atoms with E-state index in [4.69, 9.17) is 9.47 Å². The van der Waals surface area contributed by atoms with Gasteiger partial charge in [0.05, 0.1) is 6.61 Å². The van der Waals surface area contributed by atoms with Gasteiger partial charge in [0, 0.05) is 26.7 Å². The molecule has 0 heterocycles. The number of hydrogen-bond acceptors (Lipinski definition) is 4. The fourth-order valence-electron chi connectivity index (χ4n) is 2.55. The third kappa shape index (κ3) is 6.32. The maximum absolute atomic E-state index is 10.3. The van der Waals surface area contributed by atoms with Crippen molar-refractivity contribution in [3.63, 3.8) is 0 Å². The van der Waals surface area contributed by atoms with E-state index in [1.165, 1.54) is 5.56 Å². The molecule has 0 saturated carbocycles. The molecule has 4 nitrogen and oxygen atoms in total. The molecule has 0 bridgehead atoms. The molecule has 2 aromatic rings. The van der Waals surface area contributed by atoms with E-state index in [2.05, 4.69) is 17.0 Å². The third-order valence-electron chi connectivity index (χ3n) is 3.85. The largest absolute Gasteiger partial charge is 0.491 e. The van der Waals surface area contributed by atoms with Gasteiger partial charge in [-0.2, -0.15) is 0 Å². The van der Waals surface area contributed by atoms with E-state index in [0.29, 0.717) is 13.2 Å². The predicted octanol–water partition coefficient (Wildman–Crippen LogP) is 2.88. The van der Waals surface area contributed by atoms with Crippen molar-refractivity contribution in [1.29, 1.82) is 0 Å². The van der Waals surface area contributed by atoms with Crippen LogP contribution in [-0.4, -0.2) is 49.5 Å². The van der Waals surface area contributed by atoms with Crippen LogP contribution in [0.2, 0.25) is 0 Å². The summed E-state index contributed by atoms with van der Waals surface area (Å²) in [7, 11) is 1.69. The molecular weight excluding hydrogens is 302 g/mol. The van der Waals surface area contributed by atoms with Gasteiger partial charge in [-0.05, 0) is 24.1 Å². The second kappa shape index (κ2) is 10.1. The average molecular weight is 329 g/mol. The van der Waals surface area contributed by atoms with E-state index in [1.807, 2.05) is 49.4 Å². The Morgan fingerprint density at radius 2 is 1.75 bits per heavy atom. The summed E-state index contributed by atoms with van der Waals surface area (Å²) >= 11 is 0. The van der Waals surface area contributed by atoms with E-state index in [1.54, 1.807) is 7.11 Å². The Morgan fingerprint density at radius 3 is 2.46 bits per heavy atom. The fraction of sp³-hybridized carbons (Fsp3) is 0.400. The molecule has 0 aliphatic carbocycles. The van der Waals surface area contributed by atoms with Crippen molar-refractivity contribution < 1.29 is 14.6 Å². The highest BCUT2D eigenvalue weighted by atomic mass is 16.5. The van der Waals surface area contributed by atoms with Crippen LogP contribution in [0.4, 0.5) is 0 Å². The molecule has 0 spiro atoms. The van der Waals surface area contributed by atoms with Crippen molar-refractivity contribution in [1.82, 2.24) is 4.90 Å². The van der Waals surface area contributed by atoms with Gasteiger partial charge in [0.1, 0.15) is 18.5 Å². The summed E-state index contributed by atoms with van der Waals surface area (Å²) in [5, 5.41) is 10.3. The number of para-hydroxylation sites is 1. The van der Waals surface area contributed by atoms with Crippen LogP contribution >= 0.6 is 0 Å². The van der Waals surface area contributed by atoms with Crippen LogP contribution in [0.25, 0.3) is 0 Å². The molecule has 0 aliphatic rings. The normalized spacial score (nSPS) is 12.3. The van der Waals surface area contributed by atoms with Crippen molar-refractivity contribution in [3.05, 3.63) is 65.7 Å². The molecule has 0 aromatic heterocycles. The van der Waals surface area contributed by atoms with Gasteiger partial charge in [-0.25, -0.2) is 0 Å². The van der Waals surface area contributed by atoms with Gasteiger partial charge in [0.15, 0.2) is 0 Å². The maximum atomic E-state index is 10.3. The lowest BCUT2D eigenvalue weighted by molar-refractivity contribution is 0.0540. The number of aliphatic hydroxyl groups excluding tert-OH is 1. The Morgan fingerprint density at radius 1 is 1.04 bits per heavy atom. The quantitative estimate of drug-likeness (QED) is 0.728. The lowest BCUT2D eigenvalue weighted by Gasteiger charge is -2.25. The minimum absolute atomic E-state index is 0.281. The molecule has 1 atom stereocenters. The second-order valence-electron chi connectivity index (χ2n) is 5.94. The number of hydrogen-bond donors (Lipinski definition) is 1. The van der Waals surface area contributed by atoms with Crippen molar-refractivity contribution in [2.75, 3.05) is 33.4 Å². The minimum Gasteiger partial charge on any atom is -0.491 e. The van der Waals surface area contributed by atoms with Crippen LogP contribution < -0.4 is 4.74 Å². The first kappa shape index (κ1) is 18.5. The lowest BCUT2D eigenvalue weighted by atomic mass is 10.2. The topological polar surface area (TPSA) is 41.9 Å².